The second kappa shape index (κ2) is 6.71. The van der Waals surface area contributed by atoms with Crippen LogP contribution in [0.1, 0.15) is 12.0 Å². The van der Waals surface area contributed by atoms with Crippen molar-refractivity contribution in [3.8, 4) is 0 Å². The van der Waals surface area contributed by atoms with Crippen molar-refractivity contribution in [1.82, 2.24) is 9.80 Å². The lowest BCUT2D eigenvalue weighted by molar-refractivity contribution is -0.139. The maximum absolute atomic E-state index is 13.7. The van der Waals surface area contributed by atoms with Crippen LogP contribution in [0.4, 0.5) is 8.78 Å². The van der Waals surface area contributed by atoms with E-state index in [1.165, 1.54) is 12.1 Å². The SMILES string of the molecule is O=C(C1CCN(Cc2ccc(F)cc2F)C1)N1CCOCC1. The van der Waals surface area contributed by atoms with Gasteiger partial charge in [-0.05, 0) is 19.0 Å². The minimum absolute atomic E-state index is 0.0263. The Morgan fingerprint density at radius 3 is 2.73 bits per heavy atom. The fourth-order valence-corrected chi connectivity index (χ4v) is 3.11. The molecule has 3 rings (SSSR count). The lowest BCUT2D eigenvalue weighted by Gasteiger charge is -2.29. The van der Waals surface area contributed by atoms with Gasteiger partial charge in [-0.15, -0.1) is 0 Å². The van der Waals surface area contributed by atoms with E-state index >= 15 is 0 Å². The number of morpholine rings is 1. The topological polar surface area (TPSA) is 32.8 Å². The number of nitrogens with zero attached hydrogens (tertiary/aromatic N) is 2. The third kappa shape index (κ3) is 3.44. The summed E-state index contributed by atoms with van der Waals surface area (Å²) in [5.41, 5.74) is 0.473. The number of rotatable bonds is 3. The minimum Gasteiger partial charge on any atom is -0.378 e. The second-order valence-electron chi connectivity index (χ2n) is 5.89. The number of carbonyl (C=O) groups excluding carboxylic acids is 1. The predicted molar refractivity (Wildman–Crippen MR) is 77.1 cm³/mol. The Morgan fingerprint density at radius 1 is 1.23 bits per heavy atom. The number of carbonyl (C=O) groups is 1. The lowest BCUT2D eigenvalue weighted by atomic mass is 10.1. The number of ether oxygens (including phenoxy) is 1. The summed E-state index contributed by atoms with van der Waals surface area (Å²) in [5, 5.41) is 0. The molecule has 120 valence electrons. The number of likely N-dealkylation sites (tertiary alicyclic amines) is 1. The molecule has 1 unspecified atom stereocenters. The first-order chi connectivity index (χ1) is 10.6. The average Bonchev–Trinajstić information content (AvgIpc) is 2.99. The van der Waals surface area contributed by atoms with Crippen LogP contribution in [0.3, 0.4) is 0 Å². The lowest BCUT2D eigenvalue weighted by Crippen LogP contribution is -2.44. The molecule has 2 saturated heterocycles. The highest BCUT2D eigenvalue weighted by Gasteiger charge is 2.32. The highest BCUT2D eigenvalue weighted by atomic mass is 19.1. The van der Waals surface area contributed by atoms with E-state index in [1.807, 2.05) is 4.90 Å². The average molecular weight is 310 g/mol. The van der Waals surface area contributed by atoms with Gasteiger partial charge in [-0.3, -0.25) is 9.69 Å². The van der Waals surface area contributed by atoms with E-state index in [1.54, 1.807) is 0 Å². The van der Waals surface area contributed by atoms with E-state index in [0.29, 0.717) is 45.0 Å². The van der Waals surface area contributed by atoms with Gasteiger partial charge in [0.05, 0.1) is 19.1 Å². The number of hydrogen-bond donors (Lipinski definition) is 0. The van der Waals surface area contributed by atoms with Crippen LogP contribution in [0.2, 0.25) is 0 Å². The molecule has 1 atom stereocenters. The van der Waals surface area contributed by atoms with E-state index in [-0.39, 0.29) is 11.8 Å². The van der Waals surface area contributed by atoms with E-state index in [4.69, 9.17) is 4.74 Å². The molecule has 0 aromatic heterocycles. The van der Waals surface area contributed by atoms with Gasteiger partial charge in [0.25, 0.3) is 0 Å². The third-order valence-corrected chi connectivity index (χ3v) is 4.35. The van der Waals surface area contributed by atoms with Crippen LogP contribution < -0.4 is 0 Å². The summed E-state index contributed by atoms with van der Waals surface area (Å²) in [6, 6.07) is 3.65. The number of halogens is 2. The maximum Gasteiger partial charge on any atom is 0.227 e. The highest BCUT2D eigenvalue weighted by molar-refractivity contribution is 5.79. The fourth-order valence-electron chi connectivity index (χ4n) is 3.11. The molecule has 2 aliphatic heterocycles. The molecule has 1 aromatic rings. The Kier molecular flexibility index (Phi) is 4.69. The van der Waals surface area contributed by atoms with Gasteiger partial charge in [0, 0.05) is 37.8 Å². The van der Waals surface area contributed by atoms with Crippen molar-refractivity contribution in [2.75, 3.05) is 39.4 Å². The number of hydrogen-bond acceptors (Lipinski definition) is 3. The zero-order valence-electron chi connectivity index (χ0n) is 12.4. The van der Waals surface area contributed by atoms with Crippen LogP contribution in [0.5, 0.6) is 0 Å². The van der Waals surface area contributed by atoms with Gasteiger partial charge in [-0.2, -0.15) is 0 Å². The number of amides is 1. The minimum atomic E-state index is -0.567. The summed E-state index contributed by atoms with van der Waals surface area (Å²) in [4.78, 5) is 16.3. The predicted octanol–water partition coefficient (Wildman–Crippen LogP) is 1.65. The molecule has 4 nitrogen and oxygen atoms in total. The zero-order valence-corrected chi connectivity index (χ0v) is 12.4. The summed E-state index contributed by atoms with van der Waals surface area (Å²) in [5.74, 6) is -0.946. The van der Waals surface area contributed by atoms with Gasteiger partial charge >= 0.3 is 0 Å². The van der Waals surface area contributed by atoms with Crippen molar-refractivity contribution in [2.45, 2.75) is 13.0 Å². The van der Waals surface area contributed by atoms with Gasteiger partial charge < -0.3 is 9.64 Å². The Hall–Kier alpha value is -1.53. The zero-order chi connectivity index (χ0) is 15.5. The molecule has 1 aromatic carbocycles. The molecule has 1 amide bonds. The molecule has 0 bridgehead atoms. The van der Waals surface area contributed by atoms with Crippen LogP contribution >= 0.6 is 0 Å². The molecule has 2 aliphatic rings. The van der Waals surface area contributed by atoms with Crippen LogP contribution in [0.15, 0.2) is 18.2 Å². The smallest absolute Gasteiger partial charge is 0.227 e. The summed E-state index contributed by atoms with van der Waals surface area (Å²) in [6.07, 6.45) is 0.791. The molecule has 22 heavy (non-hydrogen) atoms. The normalized spacial score (nSPS) is 23.0. The maximum atomic E-state index is 13.7. The molecule has 6 heteroatoms. The van der Waals surface area contributed by atoms with E-state index < -0.39 is 11.6 Å². The van der Waals surface area contributed by atoms with Gasteiger partial charge in [0.15, 0.2) is 0 Å². The Bertz CT molecular complexity index is 547. The van der Waals surface area contributed by atoms with Gasteiger partial charge in [0.2, 0.25) is 5.91 Å². The summed E-state index contributed by atoms with van der Waals surface area (Å²) in [6.45, 7) is 4.32. The van der Waals surface area contributed by atoms with Crippen molar-refractivity contribution in [1.29, 1.82) is 0 Å². The standard InChI is InChI=1S/C16H20F2N2O2/c17-14-2-1-12(15(18)9-14)10-19-4-3-13(11-19)16(21)20-5-7-22-8-6-20/h1-2,9,13H,3-8,10-11H2. The fraction of sp³-hybridized carbons (Fsp3) is 0.562. The molecule has 0 aliphatic carbocycles. The molecular formula is C16H20F2N2O2. The van der Waals surface area contributed by atoms with Gasteiger partial charge in [0.1, 0.15) is 11.6 Å². The molecule has 0 spiro atoms. The van der Waals surface area contributed by atoms with Crippen molar-refractivity contribution in [2.24, 2.45) is 5.92 Å². The van der Waals surface area contributed by atoms with E-state index in [2.05, 4.69) is 4.90 Å². The first-order valence-electron chi connectivity index (χ1n) is 7.66. The molecule has 2 fully saturated rings. The molecule has 2 heterocycles. The number of benzene rings is 1. The van der Waals surface area contributed by atoms with Crippen molar-refractivity contribution < 1.29 is 18.3 Å². The quantitative estimate of drug-likeness (QED) is 0.851. The Labute approximate surface area is 128 Å². The molecule has 0 N–H and O–H groups in total. The Balaban J connectivity index is 1.56. The monoisotopic (exact) mass is 310 g/mol. The summed E-state index contributed by atoms with van der Waals surface area (Å²) < 4.78 is 31.9. The first-order valence-corrected chi connectivity index (χ1v) is 7.66. The largest absolute Gasteiger partial charge is 0.378 e. The molecule has 0 saturated carbocycles. The van der Waals surface area contributed by atoms with Crippen LogP contribution in [-0.2, 0) is 16.1 Å². The van der Waals surface area contributed by atoms with Gasteiger partial charge in [-0.1, -0.05) is 6.07 Å². The second-order valence-corrected chi connectivity index (χ2v) is 5.89. The van der Waals surface area contributed by atoms with Crippen LogP contribution in [-0.4, -0.2) is 55.1 Å². The molecule has 0 radical (unpaired) electrons. The summed E-state index contributed by atoms with van der Waals surface area (Å²) in [7, 11) is 0. The van der Waals surface area contributed by atoms with Crippen molar-refractivity contribution >= 4 is 5.91 Å². The molecular weight excluding hydrogens is 290 g/mol. The van der Waals surface area contributed by atoms with E-state index in [9.17, 15) is 13.6 Å². The Morgan fingerprint density at radius 2 is 2.00 bits per heavy atom. The summed E-state index contributed by atoms with van der Waals surface area (Å²) >= 11 is 0. The van der Waals surface area contributed by atoms with Gasteiger partial charge in [-0.25, -0.2) is 8.78 Å². The van der Waals surface area contributed by atoms with Crippen LogP contribution in [0.25, 0.3) is 0 Å². The van der Waals surface area contributed by atoms with E-state index in [0.717, 1.165) is 19.0 Å². The first kappa shape index (κ1) is 15.4. The van der Waals surface area contributed by atoms with Crippen molar-refractivity contribution in [3.05, 3.63) is 35.4 Å². The third-order valence-electron chi connectivity index (χ3n) is 4.35. The van der Waals surface area contributed by atoms with Crippen molar-refractivity contribution in [3.63, 3.8) is 0 Å². The van der Waals surface area contributed by atoms with Crippen LogP contribution in [0, 0.1) is 17.6 Å². The highest BCUT2D eigenvalue weighted by Crippen LogP contribution is 2.22.